The number of aliphatic imine (C=N–C) groups is 1. The summed E-state index contributed by atoms with van der Waals surface area (Å²) in [4.78, 5) is 27.7. The smallest absolute Gasteiger partial charge is 0.271 e. The van der Waals surface area contributed by atoms with E-state index >= 15 is 0 Å². The van der Waals surface area contributed by atoms with Crippen LogP contribution in [-0.2, 0) is 15.6 Å². The highest BCUT2D eigenvalue weighted by atomic mass is 35.5. The molecule has 0 radical (unpaired) electrons. The number of thioether (sulfide) groups is 1. The number of nitrogens with one attached hydrogen (secondary N) is 1. The van der Waals surface area contributed by atoms with Crippen LogP contribution in [-0.4, -0.2) is 21.1 Å². The first-order chi connectivity index (χ1) is 15.2. The zero-order chi connectivity index (χ0) is 24.7. The number of hydrogen-bond acceptors (Lipinski definition) is 6. The Morgan fingerprint density at radius 3 is 2.15 bits per heavy atom. The Bertz CT molecular complexity index is 1170. The predicted molar refractivity (Wildman–Crippen MR) is 134 cm³/mol. The molecule has 2 aromatic rings. The largest absolute Gasteiger partial charge is 0.507 e. The Balaban J connectivity index is 1.99. The highest BCUT2D eigenvalue weighted by molar-refractivity contribution is 8.18. The average molecular weight is 488 g/mol. The lowest BCUT2D eigenvalue weighted by Gasteiger charge is -2.28. The lowest BCUT2D eigenvalue weighted by Crippen LogP contribution is -2.19. The molecule has 1 heterocycles. The van der Waals surface area contributed by atoms with Crippen LogP contribution >= 0.6 is 23.4 Å². The number of nitro groups is 1. The maximum atomic E-state index is 12.6. The quantitative estimate of drug-likeness (QED) is 0.294. The molecule has 0 atom stereocenters. The second-order valence-corrected chi connectivity index (χ2v) is 11.3. The van der Waals surface area contributed by atoms with E-state index in [2.05, 4.69) is 10.3 Å². The summed E-state index contributed by atoms with van der Waals surface area (Å²) in [5.41, 5.74) is 2.01. The zero-order valence-electron chi connectivity index (χ0n) is 19.3. The summed E-state index contributed by atoms with van der Waals surface area (Å²) in [5, 5.41) is 24.9. The second-order valence-electron chi connectivity index (χ2n) is 9.84. The van der Waals surface area contributed by atoms with Gasteiger partial charge in [0.2, 0.25) is 0 Å². The van der Waals surface area contributed by atoms with Crippen molar-refractivity contribution in [2.24, 2.45) is 4.99 Å². The molecule has 2 N–H and O–H groups in total. The van der Waals surface area contributed by atoms with Gasteiger partial charge in [-0.2, -0.15) is 0 Å². The molecular formula is C24H26ClN3O4S. The summed E-state index contributed by atoms with van der Waals surface area (Å²) in [6.07, 6.45) is 1.77. The van der Waals surface area contributed by atoms with E-state index in [0.29, 0.717) is 15.8 Å². The molecule has 0 spiro atoms. The Hall–Kier alpha value is -2.84. The SMILES string of the molecule is CC(C)(C)c1cc(/C=C2/SC(=Nc3ccc([N+](=O)[O-])cc3Cl)NC2=O)cc(C(C)(C)C)c1O. The first kappa shape index (κ1) is 24.8. The number of nitro benzene ring substituents is 1. The highest BCUT2D eigenvalue weighted by Crippen LogP contribution is 2.41. The number of phenolic OH excluding ortho intramolecular Hbond substituents is 1. The standard InChI is InChI=1S/C24H26ClN3O4S/c1-23(2,3)15-9-13(10-16(20(15)29)24(4,5)6)11-19-21(30)27-22(33-19)26-18-8-7-14(28(31)32)12-17(18)25/h7-12,29H,1-6H3,(H,26,27,30)/b19-11+. The molecule has 1 fully saturated rings. The maximum absolute atomic E-state index is 12.6. The van der Waals surface area contributed by atoms with Gasteiger partial charge in [-0.3, -0.25) is 14.9 Å². The molecule has 0 aliphatic carbocycles. The van der Waals surface area contributed by atoms with Crippen molar-refractivity contribution < 1.29 is 14.8 Å². The molecule has 1 aliphatic rings. The van der Waals surface area contributed by atoms with Crippen LogP contribution in [0.5, 0.6) is 5.75 Å². The Kier molecular flexibility index (Phi) is 6.64. The first-order valence-corrected chi connectivity index (χ1v) is 11.5. The molecule has 0 aromatic heterocycles. The molecule has 7 nitrogen and oxygen atoms in total. The number of phenols is 1. The summed E-state index contributed by atoms with van der Waals surface area (Å²) in [6.45, 7) is 12.2. The number of halogens is 1. The van der Waals surface area contributed by atoms with Gasteiger partial charge in [0.1, 0.15) is 5.75 Å². The number of carbonyl (C=O) groups is 1. The molecule has 1 aliphatic heterocycles. The number of rotatable bonds is 3. The Labute approximate surface area is 202 Å². The van der Waals surface area contributed by atoms with Crippen LogP contribution < -0.4 is 5.32 Å². The van der Waals surface area contributed by atoms with Crippen molar-refractivity contribution in [1.29, 1.82) is 0 Å². The summed E-state index contributed by atoms with van der Waals surface area (Å²) in [7, 11) is 0. The number of hydrogen-bond donors (Lipinski definition) is 2. The minimum Gasteiger partial charge on any atom is -0.507 e. The fraction of sp³-hybridized carbons (Fsp3) is 0.333. The summed E-state index contributed by atoms with van der Waals surface area (Å²) in [6, 6.07) is 7.76. The lowest BCUT2D eigenvalue weighted by molar-refractivity contribution is -0.384. The molecule has 0 bridgehead atoms. The third-order valence-corrected chi connectivity index (χ3v) is 6.27. The molecule has 0 unspecified atom stereocenters. The maximum Gasteiger partial charge on any atom is 0.271 e. The summed E-state index contributed by atoms with van der Waals surface area (Å²) < 4.78 is 0. The molecular weight excluding hydrogens is 462 g/mol. The van der Waals surface area contributed by atoms with Crippen LogP contribution in [0.3, 0.4) is 0 Å². The fourth-order valence-electron chi connectivity index (χ4n) is 3.32. The van der Waals surface area contributed by atoms with Crippen molar-refractivity contribution in [2.75, 3.05) is 0 Å². The van der Waals surface area contributed by atoms with E-state index in [1.54, 1.807) is 6.08 Å². The van der Waals surface area contributed by atoms with E-state index in [-0.39, 0.29) is 33.2 Å². The average Bonchev–Trinajstić information content (AvgIpc) is 3.01. The summed E-state index contributed by atoms with van der Waals surface area (Å²) >= 11 is 7.27. The normalized spacial score (nSPS) is 17.0. The highest BCUT2D eigenvalue weighted by Gasteiger charge is 2.28. The van der Waals surface area contributed by atoms with Crippen LogP contribution in [0.4, 0.5) is 11.4 Å². The first-order valence-electron chi connectivity index (χ1n) is 10.3. The molecule has 174 valence electrons. The van der Waals surface area contributed by atoms with E-state index in [1.807, 2.05) is 53.7 Å². The van der Waals surface area contributed by atoms with Gasteiger partial charge < -0.3 is 10.4 Å². The molecule has 9 heteroatoms. The monoisotopic (exact) mass is 487 g/mol. The molecule has 3 rings (SSSR count). The molecule has 1 amide bonds. The minimum atomic E-state index is -0.537. The predicted octanol–water partition coefficient (Wildman–Crippen LogP) is 6.44. The molecule has 33 heavy (non-hydrogen) atoms. The molecule has 1 saturated heterocycles. The van der Waals surface area contributed by atoms with E-state index in [4.69, 9.17) is 11.6 Å². The van der Waals surface area contributed by atoms with Gasteiger partial charge in [0.15, 0.2) is 5.17 Å². The number of aromatic hydroxyl groups is 1. The number of nitrogens with zero attached hydrogens (tertiary/aromatic N) is 2. The van der Waals surface area contributed by atoms with Gasteiger partial charge in [0, 0.05) is 23.3 Å². The van der Waals surface area contributed by atoms with Crippen molar-refractivity contribution in [2.45, 2.75) is 52.4 Å². The van der Waals surface area contributed by atoms with Crippen molar-refractivity contribution in [1.82, 2.24) is 5.32 Å². The van der Waals surface area contributed by atoms with Gasteiger partial charge in [-0.1, -0.05) is 53.1 Å². The van der Waals surface area contributed by atoms with Crippen molar-refractivity contribution in [3.05, 3.63) is 67.1 Å². The van der Waals surface area contributed by atoms with Crippen molar-refractivity contribution >= 4 is 51.9 Å². The van der Waals surface area contributed by atoms with Gasteiger partial charge in [-0.05, 0) is 52.4 Å². The third kappa shape index (κ3) is 5.57. The number of carbonyl (C=O) groups excluding carboxylic acids is 1. The van der Waals surface area contributed by atoms with E-state index in [0.717, 1.165) is 28.5 Å². The van der Waals surface area contributed by atoms with Crippen LogP contribution in [0.25, 0.3) is 6.08 Å². The van der Waals surface area contributed by atoms with Crippen LogP contribution in [0.15, 0.2) is 40.2 Å². The van der Waals surface area contributed by atoms with E-state index in [1.165, 1.54) is 18.2 Å². The second kappa shape index (κ2) is 8.83. The van der Waals surface area contributed by atoms with Crippen LogP contribution in [0.2, 0.25) is 5.02 Å². The van der Waals surface area contributed by atoms with Gasteiger partial charge >= 0.3 is 0 Å². The van der Waals surface area contributed by atoms with Gasteiger partial charge in [-0.15, -0.1) is 0 Å². The van der Waals surface area contributed by atoms with Crippen molar-refractivity contribution in [3.63, 3.8) is 0 Å². The Morgan fingerprint density at radius 2 is 1.67 bits per heavy atom. The number of amidine groups is 1. The molecule has 2 aromatic carbocycles. The number of amides is 1. The van der Waals surface area contributed by atoms with Crippen LogP contribution in [0.1, 0.15) is 58.2 Å². The van der Waals surface area contributed by atoms with Crippen molar-refractivity contribution in [3.8, 4) is 5.75 Å². The number of benzene rings is 2. The topological polar surface area (TPSA) is 105 Å². The number of non-ortho nitro benzene ring substituents is 1. The lowest BCUT2D eigenvalue weighted by atomic mass is 9.78. The fourth-order valence-corrected chi connectivity index (χ4v) is 4.38. The molecule has 0 saturated carbocycles. The van der Waals surface area contributed by atoms with Gasteiger partial charge in [0.25, 0.3) is 11.6 Å². The third-order valence-electron chi connectivity index (χ3n) is 5.06. The Morgan fingerprint density at radius 1 is 1.09 bits per heavy atom. The minimum absolute atomic E-state index is 0.118. The summed E-state index contributed by atoms with van der Waals surface area (Å²) in [5.74, 6) is -0.0322. The van der Waals surface area contributed by atoms with E-state index in [9.17, 15) is 20.0 Å². The van der Waals surface area contributed by atoms with Crippen LogP contribution in [0, 0.1) is 10.1 Å². The zero-order valence-corrected chi connectivity index (χ0v) is 20.9. The van der Waals surface area contributed by atoms with Gasteiger partial charge in [-0.25, -0.2) is 4.99 Å². The van der Waals surface area contributed by atoms with Gasteiger partial charge in [0.05, 0.1) is 20.5 Å². The van der Waals surface area contributed by atoms with E-state index < -0.39 is 4.92 Å².